The number of hydrogen-bond donors (Lipinski definition) is 2. The third-order valence-electron chi connectivity index (χ3n) is 3.40. The van der Waals surface area contributed by atoms with Crippen LogP contribution in [0.4, 0.5) is 0 Å². The molecule has 2 aromatic rings. The Morgan fingerprint density at radius 2 is 2.00 bits per heavy atom. The molecule has 1 aromatic heterocycles. The van der Waals surface area contributed by atoms with Crippen molar-refractivity contribution in [2.45, 2.75) is 39.4 Å². The van der Waals surface area contributed by atoms with E-state index in [0.29, 0.717) is 23.1 Å². The van der Waals surface area contributed by atoms with Crippen molar-refractivity contribution >= 4 is 28.8 Å². The third kappa shape index (κ3) is 6.52. The number of nitrogens with one attached hydrogen (secondary N) is 2. The quantitative estimate of drug-likeness (QED) is 0.708. The summed E-state index contributed by atoms with van der Waals surface area (Å²) in [7, 11) is 1.56. The molecule has 0 fully saturated rings. The van der Waals surface area contributed by atoms with E-state index in [1.54, 1.807) is 24.5 Å². The molecule has 7 heteroatoms. The summed E-state index contributed by atoms with van der Waals surface area (Å²) in [6.45, 7) is 7.04. The van der Waals surface area contributed by atoms with E-state index in [1.807, 2.05) is 32.9 Å². The fourth-order valence-corrected chi connectivity index (χ4v) is 3.21. The first-order valence-electron chi connectivity index (χ1n) is 8.32. The standard InChI is InChI=1S/C19H25ClN2O3S/c1-19(2,3)22-18(23)12-25-17-9-15(20)13(8-16(17)24-4)10-21-11-14-6-5-7-26-14/h5-9,21H,10-12H2,1-4H3,(H,22,23). The van der Waals surface area contributed by atoms with Crippen molar-refractivity contribution in [2.75, 3.05) is 13.7 Å². The van der Waals surface area contributed by atoms with Gasteiger partial charge in [-0.15, -0.1) is 11.3 Å². The molecular weight excluding hydrogens is 372 g/mol. The molecule has 26 heavy (non-hydrogen) atoms. The Morgan fingerprint density at radius 3 is 2.62 bits per heavy atom. The van der Waals surface area contributed by atoms with Crippen molar-refractivity contribution in [3.05, 3.63) is 45.1 Å². The predicted octanol–water partition coefficient (Wildman–Crippen LogP) is 3.99. The summed E-state index contributed by atoms with van der Waals surface area (Å²) in [4.78, 5) is 13.2. The summed E-state index contributed by atoms with van der Waals surface area (Å²) in [6, 6.07) is 7.63. The molecule has 0 aliphatic carbocycles. The van der Waals surface area contributed by atoms with E-state index in [4.69, 9.17) is 21.1 Å². The van der Waals surface area contributed by atoms with Crippen LogP contribution in [0.25, 0.3) is 0 Å². The molecule has 2 N–H and O–H groups in total. The van der Waals surface area contributed by atoms with Gasteiger partial charge in [0.1, 0.15) is 0 Å². The van der Waals surface area contributed by atoms with Crippen LogP contribution in [0.5, 0.6) is 11.5 Å². The number of halogens is 1. The third-order valence-corrected chi connectivity index (χ3v) is 4.63. The van der Waals surface area contributed by atoms with Crippen molar-refractivity contribution in [1.29, 1.82) is 0 Å². The monoisotopic (exact) mass is 396 g/mol. The zero-order valence-corrected chi connectivity index (χ0v) is 17.1. The summed E-state index contributed by atoms with van der Waals surface area (Å²) in [5.74, 6) is 0.798. The van der Waals surface area contributed by atoms with Gasteiger partial charge in [0, 0.05) is 34.6 Å². The Labute approximate surface area is 163 Å². The number of thiophene rings is 1. The Morgan fingerprint density at radius 1 is 1.23 bits per heavy atom. The minimum absolute atomic E-state index is 0.0973. The minimum atomic E-state index is -0.305. The van der Waals surface area contributed by atoms with Gasteiger partial charge in [0.2, 0.25) is 0 Å². The molecule has 1 aromatic carbocycles. The van der Waals surface area contributed by atoms with Crippen molar-refractivity contribution in [1.82, 2.24) is 10.6 Å². The summed E-state index contributed by atoms with van der Waals surface area (Å²) in [6.07, 6.45) is 0. The maximum Gasteiger partial charge on any atom is 0.258 e. The van der Waals surface area contributed by atoms with Gasteiger partial charge in [-0.1, -0.05) is 17.7 Å². The van der Waals surface area contributed by atoms with Crippen molar-refractivity contribution in [2.24, 2.45) is 0 Å². The maximum absolute atomic E-state index is 11.9. The lowest BCUT2D eigenvalue weighted by Crippen LogP contribution is -2.43. The minimum Gasteiger partial charge on any atom is -0.493 e. The van der Waals surface area contributed by atoms with Crippen molar-refractivity contribution in [3.8, 4) is 11.5 Å². The number of ether oxygens (including phenoxy) is 2. The fraction of sp³-hybridized carbons (Fsp3) is 0.421. The zero-order chi connectivity index (χ0) is 19.2. The van der Waals surface area contributed by atoms with Crippen LogP contribution in [-0.2, 0) is 17.9 Å². The van der Waals surface area contributed by atoms with Gasteiger partial charge in [0.15, 0.2) is 18.1 Å². The second-order valence-corrected chi connectivity index (χ2v) is 8.30. The SMILES string of the molecule is COc1cc(CNCc2cccs2)c(Cl)cc1OCC(=O)NC(C)(C)C. The van der Waals surface area contributed by atoms with Gasteiger partial charge in [-0.3, -0.25) is 4.79 Å². The smallest absolute Gasteiger partial charge is 0.258 e. The van der Waals surface area contributed by atoms with Gasteiger partial charge in [0.05, 0.1) is 7.11 Å². The summed E-state index contributed by atoms with van der Waals surface area (Å²) in [5, 5.41) is 8.82. The molecule has 0 unspecified atom stereocenters. The van der Waals surface area contributed by atoms with Gasteiger partial charge in [-0.2, -0.15) is 0 Å². The Bertz CT molecular complexity index is 727. The molecule has 142 valence electrons. The lowest BCUT2D eigenvalue weighted by Gasteiger charge is -2.21. The molecule has 0 aliphatic heterocycles. The van der Waals surface area contributed by atoms with E-state index in [9.17, 15) is 4.79 Å². The van der Waals surface area contributed by atoms with E-state index in [1.165, 1.54) is 4.88 Å². The Kier molecular flexibility index (Phi) is 7.32. The molecule has 2 rings (SSSR count). The average molecular weight is 397 g/mol. The number of carbonyl (C=O) groups is 1. The highest BCUT2D eigenvalue weighted by molar-refractivity contribution is 7.09. The normalized spacial score (nSPS) is 11.3. The highest BCUT2D eigenvalue weighted by Gasteiger charge is 2.16. The predicted molar refractivity (Wildman–Crippen MR) is 106 cm³/mol. The maximum atomic E-state index is 11.9. The molecule has 0 saturated carbocycles. The first kappa shape index (κ1) is 20.6. The molecular formula is C19H25ClN2O3S. The van der Waals surface area contributed by atoms with E-state index in [2.05, 4.69) is 22.1 Å². The molecule has 1 amide bonds. The highest BCUT2D eigenvalue weighted by atomic mass is 35.5. The molecule has 5 nitrogen and oxygen atoms in total. The first-order chi connectivity index (χ1) is 12.3. The zero-order valence-electron chi connectivity index (χ0n) is 15.5. The molecule has 0 aliphatic rings. The molecule has 1 heterocycles. The average Bonchev–Trinajstić information content (AvgIpc) is 3.06. The fourth-order valence-electron chi connectivity index (χ4n) is 2.32. The number of benzene rings is 1. The molecule has 0 saturated heterocycles. The van der Waals surface area contributed by atoms with Gasteiger partial charge in [-0.25, -0.2) is 0 Å². The van der Waals surface area contributed by atoms with E-state index in [0.717, 1.165) is 12.1 Å². The van der Waals surface area contributed by atoms with E-state index in [-0.39, 0.29) is 18.1 Å². The van der Waals surface area contributed by atoms with Crippen LogP contribution in [0.3, 0.4) is 0 Å². The summed E-state index contributed by atoms with van der Waals surface area (Å²) in [5.41, 5.74) is 0.604. The van der Waals surface area contributed by atoms with Crippen molar-refractivity contribution < 1.29 is 14.3 Å². The summed E-state index contributed by atoms with van der Waals surface area (Å²) >= 11 is 8.07. The molecule has 0 radical (unpaired) electrons. The van der Waals surface area contributed by atoms with Crippen LogP contribution < -0.4 is 20.1 Å². The van der Waals surface area contributed by atoms with Crippen LogP contribution in [0.2, 0.25) is 5.02 Å². The van der Waals surface area contributed by atoms with Gasteiger partial charge < -0.3 is 20.1 Å². The molecule has 0 bridgehead atoms. The van der Waals surface area contributed by atoms with Gasteiger partial charge in [0.25, 0.3) is 5.91 Å². The van der Waals surface area contributed by atoms with Gasteiger partial charge in [-0.05, 0) is 43.8 Å². The molecule has 0 atom stereocenters. The lowest BCUT2D eigenvalue weighted by molar-refractivity contribution is -0.124. The number of methoxy groups -OCH3 is 1. The number of hydrogen-bond acceptors (Lipinski definition) is 5. The van der Waals surface area contributed by atoms with Gasteiger partial charge >= 0.3 is 0 Å². The van der Waals surface area contributed by atoms with Crippen LogP contribution in [0.15, 0.2) is 29.6 Å². The van der Waals surface area contributed by atoms with Crippen LogP contribution in [-0.4, -0.2) is 25.2 Å². The van der Waals surface area contributed by atoms with E-state index < -0.39 is 0 Å². The van der Waals surface area contributed by atoms with Crippen molar-refractivity contribution in [3.63, 3.8) is 0 Å². The number of amides is 1. The highest BCUT2D eigenvalue weighted by Crippen LogP contribution is 2.33. The lowest BCUT2D eigenvalue weighted by atomic mass is 10.1. The Hall–Kier alpha value is -1.76. The van der Waals surface area contributed by atoms with Crippen LogP contribution >= 0.6 is 22.9 Å². The second-order valence-electron chi connectivity index (χ2n) is 6.86. The summed E-state index contributed by atoms with van der Waals surface area (Å²) < 4.78 is 11.0. The Balaban J connectivity index is 1.97. The van der Waals surface area contributed by atoms with E-state index >= 15 is 0 Å². The number of rotatable bonds is 8. The van der Waals surface area contributed by atoms with Crippen LogP contribution in [0.1, 0.15) is 31.2 Å². The second kappa shape index (κ2) is 9.26. The topological polar surface area (TPSA) is 59.6 Å². The largest absolute Gasteiger partial charge is 0.493 e. The molecule has 0 spiro atoms. The number of carbonyl (C=O) groups excluding carboxylic acids is 1. The first-order valence-corrected chi connectivity index (χ1v) is 9.57. The van der Waals surface area contributed by atoms with Crippen LogP contribution in [0, 0.1) is 0 Å².